The zero-order valence-corrected chi connectivity index (χ0v) is 22.4. The van der Waals surface area contributed by atoms with Gasteiger partial charge in [-0.2, -0.15) is 0 Å². The summed E-state index contributed by atoms with van der Waals surface area (Å²) in [5.74, 6) is -0.734. The molecule has 0 radical (unpaired) electrons. The Balaban J connectivity index is 1.96. The number of anilines is 1. The van der Waals surface area contributed by atoms with E-state index in [0.717, 1.165) is 21.9 Å². The topological polar surface area (TPSA) is 86.8 Å². The lowest BCUT2D eigenvalue weighted by molar-refractivity contribution is -0.138. The van der Waals surface area contributed by atoms with E-state index in [1.165, 1.54) is 17.0 Å². The molecule has 0 fully saturated rings. The minimum absolute atomic E-state index is 0.0926. The van der Waals surface area contributed by atoms with Crippen LogP contribution in [-0.2, 0) is 32.5 Å². The van der Waals surface area contributed by atoms with Crippen LogP contribution in [0.5, 0.6) is 0 Å². The Hall–Kier alpha value is -3.65. The highest BCUT2D eigenvalue weighted by Crippen LogP contribution is 2.25. The summed E-state index contributed by atoms with van der Waals surface area (Å²) in [4.78, 5) is 28.0. The number of hydrogen-bond donors (Lipinski definition) is 1. The third-order valence-electron chi connectivity index (χ3n) is 6.25. The number of carbonyl (C=O) groups excluding carboxylic acids is 2. The number of hydrogen-bond acceptors (Lipinski definition) is 4. The highest BCUT2D eigenvalue weighted by Gasteiger charge is 2.32. The number of benzene rings is 3. The SMILES string of the molecule is CCNC(=O)C(C)N(CCc1ccccc1)C(=O)CN(c1ccc(CC)cc1)S(=O)(=O)c1ccccc1. The smallest absolute Gasteiger partial charge is 0.264 e. The highest BCUT2D eigenvalue weighted by atomic mass is 32.2. The van der Waals surface area contributed by atoms with E-state index >= 15 is 0 Å². The van der Waals surface area contributed by atoms with Crippen molar-refractivity contribution in [1.29, 1.82) is 0 Å². The minimum Gasteiger partial charge on any atom is -0.355 e. The van der Waals surface area contributed by atoms with E-state index in [0.29, 0.717) is 18.7 Å². The van der Waals surface area contributed by atoms with Crippen LogP contribution in [0.15, 0.2) is 89.8 Å². The first-order valence-electron chi connectivity index (χ1n) is 12.6. The summed E-state index contributed by atoms with van der Waals surface area (Å²) >= 11 is 0. The van der Waals surface area contributed by atoms with Gasteiger partial charge in [-0.3, -0.25) is 13.9 Å². The molecule has 3 aromatic rings. The molecule has 0 bridgehead atoms. The van der Waals surface area contributed by atoms with Gasteiger partial charge in [0, 0.05) is 13.1 Å². The number of nitrogens with one attached hydrogen (secondary N) is 1. The molecule has 0 aliphatic heterocycles. The zero-order valence-electron chi connectivity index (χ0n) is 21.6. The van der Waals surface area contributed by atoms with E-state index in [1.807, 2.05) is 56.3 Å². The van der Waals surface area contributed by atoms with Gasteiger partial charge in [-0.1, -0.05) is 67.6 Å². The number of sulfonamides is 1. The Bertz CT molecular complexity index is 1260. The predicted octanol–water partition coefficient (Wildman–Crippen LogP) is 4.04. The molecule has 1 N–H and O–H groups in total. The number of nitrogens with zero attached hydrogens (tertiary/aromatic N) is 2. The molecule has 37 heavy (non-hydrogen) atoms. The molecule has 3 rings (SSSR count). The molecule has 0 aromatic heterocycles. The molecule has 7 nitrogen and oxygen atoms in total. The average Bonchev–Trinajstić information content (AvgIpc) is 2.93. The summed E-state index contributed by atoms with van der Waals surface area (Å²) in [6.45, 7) is 5.78. The first-order chi connectivity index (χ1) is 17.8. The monoisotopic (exact) mass is 521 g/mol. The van der Waals surface area contributed by atoms with Crippen LogP contribution in [0.25, 0.3) is 0 Å². The lowest BCUT2D eigenvalue weighted by Gasteiger charge is -2.32. The molecule has 0 saturated heterocycles. The fourth-order valence-corrected chi connectivity index (χ4v) is 5.47. The van der Waals surface area contributed by atoms with E-state index in [1.54, 1.807) is 37.3 Å². The van der Waals surface area contributed by atoms with Gasteiger partial charge in [0.15, 0.2) is 0 Å². The van der Waals surface area contributed by atoms with Crippen molar-refractivity contribution < 1.29 is 18.0 Å². The Morgan fingerprint density at radius 1 is 0.838 bits per heavy atom. The van der Waals surface area contributed by atoms with Crippen LogP contribution < -0.4 is 9.62 Å². The van der Waals surface area contributed by atoms with E-state index in [2.05, 4.69) is 5.32 Å². The lowest BCUT2D eigenvalue weighted by atomic mass is 10.1. The van der Waals surface area contributed by atoms with Crippen LogP contribution in [0.1, 0.15) is 31.9 Å². The molecular weight excluding hydrogens is 486 g/mol. The summed E-state index contributed by atoms with van der Waals surface area (Å²) in [5, 5.41) is 2.77. The molecule has 0 spiro atoms. The van der Waals surface area contributed by atoms with Crippen LogP contribution in [-0.4, -0.2) is 50.8 Å². The van der Waals surface area contributed by atoms with Gasteiger partial charge >= 0.3 is 0 Å². The van der Waals surface area contributed by atoms with Gasteiger partial charge in [0.05, 0.1) is 10.6 Å². The van der Waals surface area contributed by atoms with Gasteiger partial charge in [0.2, 0.25) is 11.8 Å². The van der Waals surface area contributed by atoms with Crippen molar-refractivity contribution in [2.24, 2.45) is 0 Å². The molecule has 196 valence electrons. The molecule has 0 aliphatic carbocycles. The molecule has 1 unspecified atom stereocenters. The van der Waals surface area contributed by atoms with Crippen molar-refractivity contribution in [1.82, 2.24) is 10.2 Å². The molecular formula is C29H35N3O4S. The van der Waals surface area contributed by atoms with E-state index < -0.39 is 28.5 Å². The van der Waals surface area contributed by atoms with Gasteiger partial charge < -0.3 is 10.2 Å². The van der Waals surface area contributed by atoms with Crippen LogP contribution in [0.3, 0.4) is 0 Å². The van der Waals surface area contributed by atoms with E-state index in [-0.39, 0.29) is 17.3 Å². The number of aryl methyl sites for hydroxylation is 1. The number of amides is 2. The van der Waals surface area contributed by atoms with Crippen LogP contribution >= 0.6 is 0 Å². The van der Waals surface area contributed by atoms with Crippen molar-refractivity contribution >= 4 is 27.5 Å². The zero-order chi connectivity index (χ0) is 26.8. The second-order valence-corrected chi connectivity index (χ2v) is 10.6. The summed E-state index contributed by atoms with van der Waals surface area (Å²) in [5.41, 5.74) is 2.47. The normalized spacial score (nSPS) is 12.0. The molecule has 0 saturated carbocycles. The van der Waals surface area contributed by atoms with Crippen molar-refractivity contribution in [2.45, 2.75) is 44.6 Å². The Labute approximate surface area is 220 Å². The maximum Gasteiger partial charge on any atom is 0.264 e. The van der Waals surface area contributed by atoms with Gasteiger partial charge in [0.25, 0.3) is 10.0 Å². The summed E-state index contributed by atoms with van der Waals surface area (Å²) < 4.78 is 28.5. The number of carbonyl (C=O) groups is 2. The average molecular weight is 522 g/mol. The second-order valence-electron chi connectivity index (χ2n) is 8.74. The fraction of sp³-hybridized carbons (Fsp3) is 0.310. The van der Waals surface area contributed by atoms with Gasteiger partial charge in [-0.15, -0.1) is 0 Å². The van der Waals surface area contributed by atoms with Crippen LogP contribution in [0.2, 0.25) is 0 Å². The summed E-state index contributed by atoms with van der Waals surface area (Å²) in [6, 6.07) is 24.1. The van der Waals surface area contributed by atoms with Gasteiger partial charge in [0.1, 0.15) is 12.6 Å². The molecule has 0 aliphatic rings. The summed E-state index contributed by atoms with van der Waals surface area (Å²) in [7, 11) is -4.04. The number of rotatable bonds is 12. The van der Waals surface area contributed by atoms with Gasteiger partial charge in [-0.25, -0.2) is 8.42 Å². The molecule has 2 amide bonds. The maximum absolute atomic E-state index is 13.7. The third-order valence-corrected chi connectivity index (χ3v) is 8.03. The Morgan fingerprint density at radius 2 is 1.43 bits per heavy atom. The third kappa shape index (κ3) is 7.20. The first kappa shape index (κ1) is 27.9. The standard InChI is InChI=1S/C29H35N3O4S/c1-4-24-16-18-26(19-17-24)32(37(35,36)27-14-10-7-11-15-27)22-28(33)31(23(3)29(34)30-5-2)21-20-25-12-8-6-9-13-25/h6-19,23H,4-5,20-22H2,1-3H3,(H,30,34). The predicted molar refractivity (Wildman–Crippen MR) is 147 cm³/mol. The maximum atomic E-state index is 13.7. The van der Waals surface area contributed by atoms with Gasteiger partial charge in [-0.05, 0) is 62.1 Å². The Kier molecular flexibility index (Phi) is 9.85. The fourth-order valence-electron chi connectivity index (χ4n) is 4.04. The van der Waals surface area contributed by atoms with E-state index in [4.69, 9.17) is 0 Å². The van der Waals surface area contributed by atoms with Crippen molar-refractivity contribution in [3.8, 4) is 0 Å². The largest absolute Gasteiger partial charge is 0.355 e. The molecule has 0 heterocycles. The number of likely N-dealkylation sites (N-methyl/N-ethyl adjacent to an activating group) is 1. The van der Waals surface area contributed by atoms with E-state index in [9.17, 15) is 18.0 Å². The van der Waals surface area contributed by atoms with Crippen LogP contribution in [0.4, 0.5) is 5.69 Å². The quantitative estimate of drug-likeness (QED) is 0.390. The Morgan fingerprint density at radius 3 is 2.00 bits per heavy atom. The highest BCUT2D eigenvalue weighted by molar-refractivity contribution is 7.92. The molecule has 3 aromatic carbocycles. The van der Waals surface area contributed by atoms with Crippen molar-refractivity contribution in [3.63, 3.8) is 0 Å². The second kappa shape index (κ2) is 13.1. The molecule has 1 atom stereocenters. The van der Waals surface area contributed by atoms with Crippen molar-refractivity contribution in [2.75, 3.05) is 23.9 Å². The summed E-state index contributed by atoms with van der Waals surface area (Å²) in [6.07, 6.45) is 1.34. The lowest BCUT2D eigenvalue weighted by Crippen LogP contribution is -2.52. The van der Waals surface area contributed by atoms with Crippen LogP contribution in [0, 0.1) is 0 Å². The van der Waals surface area contributed by atoms with Crippen molar-refractivity contribution in [3.05, 3.63) is 96.1 Å². The molecule has 8 heteroatoms. The first-order valence-corrected chi connectivity index (χ1v) is 14.0. The minimum atomic E-state index is -4.04.